The minimum absolute atomic E-state index is 0.228. The fraction of sp³-hybridized carbons (Fsp3) is 0.231. The number of benzene rings is 1. The molecule has 6 heteroatoms. The topological polar surface area (TPSA) is 64.2 Å². The van der Waals surface area contributed by atoms with Crippen molar-refractivity contribution in [3.8, 4) is 17.4 Å². The lowest BCUT2D eigenvalue weighted by Gasteiger charge is -2.07. The van der Waals surface area contributed by atoms with Crippen molar-refractivity contribution in [2.24, 2.45) is 0 Å². The van der Waals surface area contributed by atoms with Gasteiger partial charge in [-0.3, -0.25) is 4.79 Å². The molecule has 1 aromatic heterocycles. The van der Waals surface area contributed by atoms with Gasteiger partial charge < -0.3 is 14.5 Å². The standard InChI is InChI=1S/C13H13BrN2O3/c1-2-7-18-9-3-5-10(6-4-9)19-13-11(14)12(17)15-8-16-13/h3-6,8H,2,7H2,1H3,(H,15,16,17). The number of halogens is 1. The average Bonchev–Trinajstić information content (AvgIpc) is 2.43. The second-order valence-corrected chi connectivity index (χ2v) is 4.57. The van der Waals surface area contributed by atoms with Crippen LogP contribution in [-0.2, 0) is 0 Å². The second kappa shape index (κ2) is 6.38. The summed E-state index contributed by atoms with van der Waals surface area (Å²) in [5, 5.41) is 0. The molecule has 0 radical (unpaired) electrons. The second-order valence-electron chi connectivity index (χ2n) is 3.77. The van der Waals surface area contributed by atoms with E-state index in [0.29, 0.717) is 12.4 Å². The van der Waals surface area contributed by atoms with Crippen LogP contribution in [0.1, 0.15) is 13.3 Å². The van der Waals surface area contributed by atoms with Gasteiger partial charge in [-0.25, -0.2) is 4.98 Å². The van der Waals surface area contributed by atoms with E-state index in [1.165, 1.54) is 6.33 Å². The van der Waals surface area contributed by atoms with Crippen LogP contribution in [0.4, 0.5) is 0 Å². The molecule has 0 aliphatic rings. The van der Waals surface area contributed by atoms with Crippen LogP contribution in [0.2, 0.25) is 0 Å². The van der Waals surface area contributed by atoms with Crippen LogP contribution in [0.15, 0.2) is 39.9 Å². The normalized spacial score (nSPS) is 10.2. The Morgan fingerprint density at radius 1 is 1.26 bits per heavy atom. The van der Waals surface area contributed by atoms with Crippen LogP contribution < -0.4 is 15.0 Å². The summed E-state index contributed by atoms with van der Waals surface area (Å²) in [6.45, 7) is 2.73. The van der Waals surface area contributed by atoms with Gasteiger partial charge in [0.15, 0.2) is 0 Å². The number of hydrogen-bond acceptors (Lipinski definition) is 4. The average molecular weight is 325 g/mol. The first kappa shape index (κ1) is 13.6. The number of hydrogen-bond donors (Lipinski definition) is 1. The van der Waals surface area contributed by atoms with E-state index in [1.54, 1.807) is 12.1 Å². The van der Waals surface area contributed by atoms with Gasteiger partial charge in [0.25, 0.3) is 5.56 Å². The number of rotatable bonds is 5. The lowest BCUT2D eigenvalue weighted by Crippen LogP contribution is -2.08. The number of nitrogens with zero attached hydrogens (tertiary/aromatic N) is 1. The van der Waals surface area contributed by atoms with Crippen molar-refractivity contribution in [2.45, 2.75) is 13.3 Å². The molecule has 1 aromatic carbocycles. The minimum Gasteiger partial charge on any atom is -0.494 e. The van der Waals surface area contributed by atoms with Gasteiger partial charge >= 0.3 is 0 Å². The van der Waals surface area contributed by atoms with Gasteiger partial charge in [-0.15, -0.1) is 0 Å². The first-order valence-electron chi connectivity index (χ1n) is 5.84. The molecule has 5 nitrogen and oxygen atoms in total. The third-order valence-electron chi connectivity index (χ3n) is 2.28. The predicted molar refractivity (Wildman–Crippen MR) is 74.9 cm³/mol. The Kier molecular flexibility index (Phi) is 4.57. The van der Waals surface area contributed by atoms with Crippen molar-refractivity contribution < 1.29 is 9.47 Å². The van der Waals surface area contributed by atoms with Crippen molar-refractivity contribution in [3.63, 3.8) is 0 Å². The molecular formula is C13H13BrN2O3. The monoisotopic (exact) mass is 324 g/mol. The molecular weight excluding hydrogens is 312 g/mol. The summed E-state index contributed by atoms with van der Waals surface area (Å²) in [5.74, 6) is 1.60. The van der Waals surface area contributed by atoms with Crippen LogP contribution in [0.5, 0.6) is 17.4 Å². The molecule has 2 rings (SSSR count). The van der Waals surface area contributed by atoms with Gasteiger partial charge in [-0.05, 0) is 46.6 Å². The van der Waals surface area contributed by atoms with Gasteiger partial charge in [0.05, 0.1) is 12.9 Å². The molecule has 0 fully saturated rings. The summed E-state index contributed by atoms with van der Waals surface area (Å²) >= 11 is 3.13. The molecule has 0 atom stereocenters. The number of aromatic amines is 1. The number of aromatic nitrogens is 2. The highest BCUT2D eigenvalue weighted by molar-refractivity contribution is 9.10. The number of nitrogens with one attached hydrogen (secondary N) is 1. The smallest absolute Gasteiger partial charge is 0.268 e. The lowest BCUT2D eigenvalue weighted by molar-refractivity contribution is 0.317. The zero-order valence-corrected chi connectivity index (χ0v) is 11.9. The molecule has 0 saturated carbocycles. The summed E-state index contributed by atoms with van der Waals surface area (Å²) in [6.07, 6.45) is 2.25. The van der Waals surface area contributed by atoms with Crippen molar-refractivity contribution >= 4 is 15.9 Å². The van der Waals surface area contributed by atoms with E-state index in [0.717, 1.165) is 12.2 Å². The molecule has 19 heavy (non-hydrogen) atoms. The highest BCUT2D eigenvalue weighted by Gasteiger charge is 2.07. The molecule has 0 bridgehead atoms. The summed E-state index contributed by atoms with van der Waals surface area (Å²) in [4.78, 5) is 17.8. The molecule has 2 aromatic rings. The third-order valence-corrected chi connectivity index (χ3v) is 2.97. The van der Waals surface area contributed by atoms with E-state index in [-0.39, 0.29) is 15.9 Å². The summed E-state index contributed by atoms with van der Waals surface area (Å²) in [5.41, 5.74) is -0.284. The SMILES string of the molecule is CCCOc1ccc(Oc2nc[nH]c(=O)c2Br)cc1. The number of H-pyrrole nitrogens is 1. The van der Waals surface area contributed by atoms with Crippen LogP contribution >= 0.6 is 15.9 Å². The van der Waals surface area contributed by atoms with E-state index in [2.05, 4.69) is 25.9 Å². The Balaban J connectivity index is 2.11. The fourth-order valence-electron chi connectivity index (χ4n) is 1.37. The maximum Gasteiger partial charge on any atom is 0.268 e. The van der Waals surface area contributed by atoms with Crippen LogP contribution in [0.25, 0.3) is 0 Å². The summed E-state index contributed by atoms with van der Waals surface area (Å²) in [7, 11) is 0. The Hall–Kier alpha value is -1.82. The molecule has 0 saturated heterocycles. The van der Waals surface area contributed by atoms with Crippen molar-refractivity contribution in [1.82, 2.24) is 9.97 Å². The summed E-state index contributed by atoms with van der Waals surface area (Å²) < 4.78 is 11.2. The zero-order valence-electron chi connectivity index (χ0n) is 10.4. The van der Waals surface area contributed by atoms with Crippen molar-refractivity contribution in [3.05, 3.63) is 45.4 Å². The molecule has 0 amide bonds. The maximum atomic E-state index is 11.4. The fourth-order valence-corrected chi connectivity index (χ4v) is 1.67. The maximum absolute atomic E-state index is 11.4. The molecule has 100 valence electrons. The van der Waals surface area contributed by atoms with E-state index in [1.807, 2.05) is 19.1 Å². The predicted octanol–water partition coefficient (Wildman–Crippen LogP) is 3.11. The molecule has 0 aliphatic carbocycles. The van der Waals surface area contributed by atoms with Crippen LogP contribution in [0.3, 0.4) is 0 Å². The Bertz CT molecular complexity index is 596. The van der Waals surface area contributed by atoms with Gasteiger partial charge in [0.1, 0.15) is 16.0 Å². The quantitative estimate of drug-likeness (QED) is 0.917. The lowest BCUT2D eigenvalue weighted by atomic mass is 10.3. The highest BCUT2D eigenvalue weighted by Crippen LogP contribution is 2.25. The third kappa shape index (κ3) is 3.57. The molecule has 1 N–H and O–H groups in total. The van der Waals surface area contributed by atoms with E-state index >= 15 is 0 Å². The van der Waals surface area contributed by atoms with E-state index < -0.39 is 0 Å². The first-order valence-corrected chi connectivity index (χ1v) is 6.64. The van der Waals surface area contributed by atoms with E-state index in [9.17, 15) is 4.79 Å². The molecule has 0 spiro atoms. The Morgan fingerprint density at radius 2 is 1.95 bits per heavy atom. The molecule has 1 heterocycles. The van der Waals surface area contributed by atoms with Crippen LogP contribution in [0, 0.1) is 0 Å². The first-order chi connectivity index (χ1) is 9.20. The largest absolute Gasteiger partial charge is 0.494 e. The van der Waals surface area contributed by atoms with Gasteiger partial charge in [0, 0.05) is 0 Å². The Labute approximate surface area is 118 Å². The Morgan fingerprint density at radius 3 is 2.63 bits per heavy atom. The summed E-state index contributed by atoms with van der Waals surface area (Å²) in [6, 6.07) is 7.15. The highest BCUT2D eigenvalue weighted by atomic mass is 79.9. The van der Waals surface area contributed by atoms with Crippen molar-refractivity contribution in [2.75, 3.05) is 6.61 Å². The molecule has 0 aliphatic heterocycles. The van der Waals surface area contributed by atoms with Crippen LogP contribution in [-0.4, -0.2) is 16.6 Å². The van der Waals surface area contributed by atoms with Gasteiger partial charge in [0.2, 0.25) is 5.88 Å². The van der Waals surface area contributed by atoms with Crippen molar-refractivity contribution in [1.29, 1.82) is 0 Å². The van der Waals surface area contributed by atoms with E-state index in [4.69, 9.17) is 9.47 Å². The number of ether oxygens (including phenoxy) is 2. The molecule has 0 unspecified atom stereocenters. The van der Waals surface area contributed by atoms with Gasteiger partial charge in [-0.1, -0.05) is 6.92 Å². The van der Waals surface area contributed by atoms with Gasteiger partial charge in [-0.2, -0.15) is 0 Å². The zero-order chi connectivity index (χ0) is 13.7. The minimum atomic E-state index is -0.284.